The van der Waals surface area contributed by atoms with Crippen LogP contribution in [-0.2, 0) is 6.54 Å². The zero-order valence-electron chi connectivity index (χ0n) is 17.7. The van der Waals surface area contributed by atoms with Gasteiger partial charge in [-0.05, 0) is 39.1 Å². The predicted octanol–water partition coefficient (Wildman–Crippen LogP) is 1.84. The van der Waals surface area contributed by atoms with Crippen molar-refractivity contribution in [3.63, 3.8) is 0 Å². The lowest BCUT2D eigenvalue weighted by Gasteiger charge is -2.25. The number of aromatic amines is 1. The normalized spacial score (nSPS) is 12.3. The summed E-state index contributed by atoms with van der Waals surface area (Å²) in [6, 6.07) is 9.68. The zero-order chi connectivity index (χ0) is 21.8. The number of carbonyl (C=O) groups is 1. The number of aryl methyl sites for hydroxylation is 2. The van der Waals surface area contributed by atoms with E-state index in [1.54, 1.807) is 0 Å². The van der Waals surface area contributed by atoms with Gasteiger partial charge in [-0.25, -0.2) is 9.78 Å². The molecule has 0 bridgehead atoms. The van der Waals surface area contributed by atoms with E-state index < -0.39 is 11.2 Å². The standard InChI is InChI=1S/C22H27N5O3/c1-5-10-27-19-17(21(29)25-22(27)30)11-16(12-23-19)20(28)24-13-18(26(3)4)15-8-6-14(2)7-9-15/h6-9,11-12,18H,5,10,13H2,1-4H3,(H,24,28)(H,25,29,30). The van der Waals surface area contributed by atoms with E-state index in [2.05, 4.69) is 27.4 Å². The molecule has 2 heterocycles. The first-order chi connectivity index (χ1) is 14.3. The molecular formula is C22H27N5O3. The SMILES string of the molecule is CCCn1c(=O)[nH]c(=O)c2cc(C(=O)NCC(c3ccc(C)cc3)N(C)C)cnc21. The van der Waals surface area contributed by atoms with Gasteiger partial charge in [0.15, 0.2) is 0 Å². The Hall–Kier alpha value is -3.26. The summed E-state index contributed by atoms with van der Waals surface area (Å²) in [6.45, 7) is 4.80. The Morgan fingerprint density at radius 2 is 1.93 bits per heavy atom. The molecule has 1 unspecified atom stereocenters. The fourth-order valence-electron chi connectivity index (χ4n) is 3.40. The van der Waals surface area contributed by atoms with E-state index >= 15 is 0 Å². The molecule has 0 saturated carbocycles. The van der Waals surface area contributed by atoms with Crippen LogP contribution in [-0.4, -0.2) is 46.0 Å². The number of hydrogen-bond acceptors (Lipinski definition) is 5. The second kappa shape index (κ2) is 9.04. The Kier molecular flexibility index (Phi) is 6.47. The van der Waals surface area contributed by atoms with Crippen LogP contribution in [0, 0.1) is 6.92 Å². The minimum Gasteiger partial charge on any atom is -0.350 e. The van der Waals surface area contributed by atoms with Crippen LogP contribution in [0.1, 0.15) is 40.9 Å². The van der Waals surface area contributed by atoms with Crippen molar-refractivity contribution in [3.8, 4) is 0 Å². The predicted molar refractivity (Wildman–Crippen MR) is 117 cm³/mol. The summed E-state index contributed by atoms with van der Waals surface area (Å²) in [4.78, 5) is 45.6. The lowest BCUT2D eigenvalue weighted by atomic mass is 10.0. The maximum absolute atomic E-state index is 12.7. The molecular weight excluding hydrogens is 382 g/mol. The average molecular weight is 409 g/mol. The first kappa shape index (κ1) is 21.4. The smallest absolute Gasteiger partial charge is 0.329 e. The van der Waals surface area contributed by atoms with Gasteiger partial charge in [0.2, 0.25) is 0 Å². The molecule has 8 nitrogen and oxygen atoms in total. The molecule has 2 aromatic heterocycles. The monoisotopic (exact) mass is 409 g/mol. The number of amides is 1. The van der Waals surface area contributed by atoms with Crippen LogP contribution in [0.4, 0.5) is 0 Å². The van der Waals surface area contributed by atoms with Gasteiger partial charge in [-0.2, -0.15) is 0 Å². The molecule has 1 amide bonds. The van der Waals surface area contributed by atoms with Crippen molar-refractivity contribution in [3.05, 3.63) is 74.1 Å². The third kappa shape index (κ3) is 4.49. The molecule has 2 N–H and O–H groups in total. The lowest BCUT2D eigenvalue weighted by Crippen LogP contribution is -2.35. The second-order valence-electron chi connectivity index (χ2n) is 7.61. The van der Waals surface area contributed by atoms with Crippen LogP contribution in [0.15, 0.2) is 46.1 Å². The number of fused-ring (bicyclic) bond motifs is 1. The van der Waals surface area contributed by atoms with Gasteiger partial charge >= 0.3 is 5.69 Å². The summed E-state index contributed by atoms with van der Waals surface area (Å²) in [5, 5.41) is 3.15. The zero-order valence-corrected chi connectivity index (χ0v) is 17.7. The summed E-state index contributed by atoms with van der Waals surface area (Å²) in [7, 11) is 3.92. The highest BCUT2D eigenvalue weighted by Gasteiger charge is 2.17. The van der Waals surface area contributed by atoms with E-state index in [0.29, 0.717) is 13.1 Å². The van der Waals surface area contributed by atoms with E-state index in [1.165, 1.54) is 22.4 Å². The number of likely N-dealkylation sites (N-methyl/N-ethyl adjacent to an activating group) is 1. The van der Waals surface area contributed by atoms with Gasteiger partial charge in [0.25, 0.3) is 11.5 Å². The molecule has 0 aliphatic carbocycles. The van der Waals surface area contributed by atoms with E-state index in [1.807, 2.05) is 45.0 Å². The fraction of sp³-hybridized carbons (Fsp3) is 0.364. The van der Waals surface area contributed by atoms with Crippen LogP contribution in [0.25, 0.3) is 11.0 Å². The molecule has 0 aliphatic rings. The third-order valence-corrected chi connectivity index (χ3v) is 5.08. The number of pyridine rings is 1. The molecule has 3 rings (SSSR count). The van der Waals surface area contributed by atoms with Crippen molar-refractivity contribution < 1.29 is 4.79 Å². The first-order valence-electron chi connectivity index (χ1n) is 9.96. The van der Waals surface area contributed by atoms with Gasteiger partial charge in [-0.15, -0.1) is 0 Å². The van der Waals surface area contributed by atoms with Crippen molar-refractivity contribution in [1.82, 2.24) is 24.8 Å². The highest BCUT2D eigenvalue weighted by Crippen LogP contribution is 2.18. The minimum absolute atomic E-state index is 0.00102. The van der Waals surface area contributed by atoms with E-state index in [9.17, 15) is 14.4 Å². The number of rotatable bonds is 7. The Morgan fingerprint density at radius 3 is 2.57 bits per heavy atom. The third-order valence-electron chi connectivity index (χ3n) is 5.08. The van der Waals surface area contributed by atoms with E-state index in [0.717, 1.165) is 12.0 Å². The van der Waals surface area contributed by atoms with Gasteiger partial charge in [0, 0.05) is 19.3 Å². The summed E-state index contributed by atoms with van der Waals surface area (Å²) in [6.07, 6.45) is 2.12. The van der Waals surface area contributed by atoms with Crippen LogP contribution in [0.3, 0.4) is 0 Å². The molecule has 0 aliphatic heterocycles. The lowest BCUT2D eigenvalue weighted by molar-refractivity contribution is 0.0941. The minimum atomic E-state index is -0.546. The average Bonchev–Trinajstić information content (AvgIpc) is 2.71. The number of nitrogens with zero attached hydrogens (tertiary/aromatic N) is 3. The van der Waals surface area contributed by atoms with Crippen molar-refractivity contribution in [2.45, 2.75) is 32.9 Å². The topological polar surface area (TPSA) is 100 Å². The maximum Gasteiger partial charge on any atom is 0.329 e. The largest absolute Gasteiger partial charge is 0.350 e. The quantitative estimate of drug-likeness (QED) is 0.620. The molecule has 1 atom stereocenters. The number of benzene rings is 1. The molecule has 3 aromatic rings. The van der Waals surface area contributed by atoms with E-state index in [-0.39, 0.29) is 28.5 Å². The fourth-order valence-corrected chi connectivity index (χ4v) is 3.40. The van der Waals surface area contributed by atoms with Crippen molar-refractivity contribution in [2.75, 3.05) is 20.6 Å². The molecule has 158 valence electrons. The van der Waals surface area contributed by atoms with Gasteiger partial charge < -0.3 is 10.2 Å². The number of hydrogen-bond donors (Lipinski definition) is 2. The van der Waals surface area contributed by atoms with Crippen LogP contribution in [0.2, 0.25) is 0 Å². The second-order valence-corrected chi connectivity index (χ2v) is 7.61. The van der Waals surface area contributed by atoms with Gasteiger partial charge in [0.05, 0.1) is 17.0 Å². The van der Waals surface area contributed by atoms with Crippen molar-refractivity contribution in [2.24, 2.45) is 0 Å². The van der Waals surface area contributed by atoms with Crippen LogP contribution < -0.4 is 16.6 Å². The van der Waals surface area contributed by atoms with Crippen molar-refractivity contribution >= 4 is 16.9 Å². The summed E-state index contributed by atoms with van der Waals surface area (Å²) < 4.78 is 1.41. The molecule has 0 radical (unpaired) electrons. The Morgan fingerprint density at radius 1 is 1.23 bits per heavy atom. The van der Waals surface area contributed by atoms with E-state index in [4.69, 9.17) is 0 Å². The number of aromatic nitrogens is 3. The molecule has 8 heteroatoms. The number of H-pyrrole nitrogens is 1. The van der Waals surface area contributed by atoms with Gasteiger partial charge in [0.1, 0.15) is 5.65 Å². The summed E-state index contributed by atoms with van der Waals surface area (Å²) >= 11 is 0. The number of nitrogens with one attached hydrogen (secondary N) is 2. The Balaban J connectivity index is 1.85. The molecule has 0 fully saturated rings. The Labute approximate surface area is 174 Å². The maximum atomic E-state index is 12.7. The first-order valence-corrected chi connectivity index (χ1v) is 9.96. The summed E-state index contributed by atoms with van der Waals surface area (Å²) in [5.41, 5.74) is 1.79. The molecule has 0 spiro atoms. The molecule has 0 saturated heterocycles. The number of carbonyl (C=O) groups excluding carboxylic acids is 1. The van der Waals surface area contributed by atoms with Gasteiger partial charge in [-0.3, -0.25) is 19.1 Å². The molecule has 1 aromatic carbocycles. The van der Waals surface area contributed by atoms with Crippen LogP contribution in [0.5, 0.6) is 0 Å². The van der Waals surface area contributed by atoms with Crippen LogP contribution >= 0.6 is 0 Å². The van der Waals surface area contributed by atoms with Crippen molar-refractivity contribution in [1.29, 1.82) is 0 Å². The highest BCUT2D eigenvalue weighted by molar-refractivity contribution is 5.96. The molecule has 30 heavy (non-hydrogen) atoms. The summed E-state index contributed by atoms with van der Waals surface area (Å²) in [5.74, 6) is -0.323. The van der Waals surface area contributed by atoms with Gasteiger partial charge in [-0.1, -0.05) is 36.8 Å². The Bertz CT molecular complexity index is 1160. The highest BCUT2D eigenvalue weighted by atomic mass is 16.2.